The van der Waals surface area contributed by atoms with Crippen LogP contribution in [0.3, 0.4) is 0 Å². The molecule has 0 saturated heterocycles. The fourth-order valence-electron chi connectivity index (χ4n) is 2.53. The molecule has 0 fully saturated rings. The van der Waals surface area contributed by atoms with Gasteiger partial charge in [0.05, 0.1) is 5.56 Å². The number of aryl methyl sites for hydroxylation is 2. The molecular formula is C17H15ClN2O. The minimum atomic E-state index is 0.367. The van der Waals surface area contributed by atoms with E-state index in [1.807, 2.05) is 24.3 Å². The second-order valence-corrected chi connectivity index (χ2v) is 5.60. The maximum Gasteiger partial charge on any atom is 0.176 e. The first-order chi connectivity index (χ1) is 10.0. The second kappa shape index (κ2) is 5.26. The molecule has 21 heavy (non-hydrogen) atoms. The summed E-state index contributed by atoms with van der Waals surface area (Å²) in [5, 5.41) is 4.57. The lowest BCUT2D eigenvalue weighted by molar-refractivity contribution is 0.436. The van der Waals surface area contributed by atoms with Gasteiger partial charge in [-0.3, -0.25) is 0 Å². The van der Waals surface area contributed by atoms with Crippen molar-refractivity contribution < 1.29 is 4.52 Å². The number of hydrogen-bond donors (Lipinski definition) is 1. The molecule has 3 nitrogen and oxygen atoms in total. The van der Waals surface area contributed by atoms with Crippen molar-refractivity contribution in [1.82, 2.24) is 5.16 Å². The standard InChI is InChI=1S/C17H15ClN2O/c1-10-6-11(2)8-13(7-10)16-15(17(19)20-21-16)12-4-3-5-14(18)9-12/h3-9H,1-2H3,(H2,19,20). The topological polar surface area (TPSA) is 52.0 Å². The lowest BCUT2D eigenvalue weighted by Gasteiger charge is -2.05. The van der Waals surface area contributed by atoms with Gasteiger partial charge in [0, 0.05) is 10.6 Å². The SMILES string of the molecule is Cc1cc(C)cc(-c2onc(N)c2-c2cccc(Cl)c2)c1. The Bertz CT molecular complexity index is 788. The highest BCUT2D eigenvalue weighted by molar-refractivity contribution is 6.30. The molecule has 0 amide bonds. The Morgan fingerprint density at radius 2 is 1.71 bits per heavy atom. The molecule has 3 aromatic rings. The normalized spacial score (nSPS) is 10.8. The zero-order valence-electron chi connectivity index (χ0n) is 11.9. The van der Waals surface area contributed by atoms with Crippen molar-refractivity contribution in [2.75, 3.05) is 5.73 Å². The van der Waals surface area contributed by atoms with Crippen LogP contribution in [0.1, 0.15) is 11.1 Å². The first-order valence-corrected chi connectivity index (χ1v) is 7.02. The summed E-state index contributed by atoms with van der Waals surface area (Å²) in [5.41, 5.74) is 11.0. The average Bonchev–Trinajstić information content (AvgIpc) is 2.79. The van der Waals surface area contributed by atoms with Crippen molar-refractivity contribution in [3.63, 3.8) is 0 Å². The van der Waals surface area contributed by atoms with Gasteiger partial charge in [-0.2, -0.15) is 0 Å². The van der Waals surface area contributed by atoms with Crippen LogP contribution in [-0.2, 0) is 0 Å². The lowest BCUT2D eigenvalue weighted by atomic mass is 9.99. The molecule has 0 aliphatic heterocycles. The molecule has 2 aromatic carbocycles. The van der Waals surface area contributed by atoms with E-state index in [9.17, 15) is 0 Å². The van der Waals surface area contributed by atoms with Crippen molar-refractivity contribution in [2.24, 2.45) is 0 Å². The summed E-state index contributed by atoms with van der Waals surface area (Å²) >= 11 is 6.07. The van der Waals surface area contributed by atoms with Gasteiger partial charge in [-0.15, -0.1) is 0 Å². The number of rotatable bonds is 2. The first kappa shape index (κ1) is 13.7. The maximum absolute atomic E-state index is 6.07. The van der Waals surface area contributed by atoms with Crippen LogP contribution in [0.5, 0.6) is 0 Å². The predicted octanol–water partition coefficient (Wildman–Crippen LogP) is 4.86. The number of nitrogen functional groups attached to an aromatic ring is 1. The van der Waals surface area contributed by atoms with E-state index in [0.29, 0.717) is 16.6 Å². The van der Waals surface area contributed by atoms with E-state index in [1.54, 1.807) is 0 Å². The van der Waals surface area contributed by atoms with Gasteiger partial charge < -0.3 is 10.3 Å². The minimum absolute atomic E-state index is 0.367. The molecule has 1 heterocycles. The molecule has 3 rings (SSSR count). The summed E-state index contributed by atoms with van der Waals surface area (Å²) in [7, 11) is 0. The van der Waals surface area contributed by atoms with E-state index in [2.05, 4.69) is 37.2 Å². The molecule has 2 N–H and O–H groups in total. The number of halogens is 1. The van der Waals surface area contributed by atoms with Crippen molar-refractivity contribution in [1.29, 1.82) is 0 Å². The van der Waals surface area contributed by atoms with Gasteiger partial charge in [-0.1, -0.05) is 46.1 Å². The Morgan fingerprint density at radius 3 is 2.38 bits per heavy atom. The van der Waals surface area contributed by atoms with Gasteiger partial charge in [0.15, 0.2) is 11.6 Å². The fraction of sp³-hybridized carbons (Fsp3) is 0.118. The molecule has 0 unspecified atom stereocenters. The van der Waals surface area contributed by atoms with Crippen LogP contribution in [0.25, 0.3) is 22.5 Å². The van der Waals surface area contributed by atoms with Crippen LogP contribution in [0.15, 0.2) is 47.0 Å². The summed E-state index contributed by atoms with van der Waals surface area (Å²) in [6.45, 7) is 4.10. The van der Waals surface area contributed by atoms with E-state index in [1.165, 1.54) is 0 Å². The molecule has 106 valence electrons. The smallest absolute Gasteiger partial charge is 0.176 e. The van der Waals surface area contributed by atoms with Crippen molar-refractivity contribution in [2.45, 2.75) is 13.8 Å². The summed E-state index contributed by atoms with van der Waals surface area (Å²) in [6, 6.07) is 13.7. The largest absolute Gasteiger partial charge is 0.380 e. The number of anilines is 1. The Balaban J connectivity index is 2.21. The molecule has 0 saturated carbocycles. The van der Waals surface area contributed by atoms with Gasteiger partial charge in [-0.05, 0) is 43.7 Å². The summed E-state index contributed by atoms with van der Waals surface area (Å²) in [4.78, 5) is 0. The van der Waals surface area contributed by atoms with E-state index >= 15 is 0 Å². The zero-order chi connectivity index (χ0) is 15.0. The third-order valence-electron chi connectivity index (χ3n) is 3.32. The Kier molecular flexibility index (Phi) is 3.43. The quantitative estimate of drug-likeness (QED) is 0.735. The highest BCUT2D eigenvalue weighted by atomic mass is 35.5. The number of aromatic nitrogens is 1. The van der Waals surface area contributed by atoms with Gasteiger partial charge in [0.2, 0.25) is 0 Å². The minimum Gasteiger partial charge on any atom is -0.380 e. The molecule has 0 atom stereocenters. The highest BCUT2D eigenvalue weighted by Gasteiger charge is 2.18. The van der Waals surface area contributed by atoms with Crippen molar-refractivity contribution >= 4 is 17.4 Å². The molecule has 1 aromatic heterocycles. The van der Waals surface area contributed by atoms with Gasteiger partial charge in [0.1, 0.15) is 0 Å². The van der Waals surface area contributed by atoms with Crippen LogP contribution < -0.4 is 5.73 Å². The zero-order valence-corrected chi connectivity index (χ0v) is 12.6. The third-order valence-corrected chi connectivity index (χ3v) is 3.55. The monoisotopic (exact) mass is 298 g/mol. The van der Waals surface area contributed by atoms with Crippen molar-refractivity contribution in [3.05, 3.63) is 58.6 Å². The fourth-order valence-corrected chi connectivity index (χ4v) is 2.72. The Morgan fingerprint density at radius 1 is 1.00 bits per heavy atom. The molecule has 0 bridgehead atoms. The molecule has 4 heteroatoms. The number of nitrogens with two attached hydrogens (primary N) is 1. The Hall–Kier alpha value is -2.26. The number of hydrogen-bond acceptors (Lipinski definition) is 3. The Labute approximate surface area is 128 Å². The van der Waals surface area contributed by atoms with Crippen LogP contribution >= 0.6 is 11.6 Å². The molecule has 0 spiro atoms. The molecular weight excluding hydrogens is 284 g/mol. The lowest BCUT2D eigenvalue weighted by Crippen LogP contribution is -1.89. The average molecular weight is 299 g/mol. The van der Waals surface area contributed by atoms with E-state index < -0.39 is 0 Å². The third kappa shape index (κ3) is 2.65. The van der Waals surface area contributed by atoms with E-state index in [-0.39, 0.29) is 0 Å². The van der Waals surface area contributed by atoms with E-state index in [4.69, 9.17) is 21.9 Å². The van der Waals surface area contributed by atoms with Crippen LogP contribution in [0, 0.1) is 13.8 Å². The summed E-state index contributed by atoms with van der Waals surface area (Å²) in [6.07, 6.45) is 0. The van der Waals surface area contributed by atoms with Crippen LogP contribution in [0.4, 0.5) is 5.82 Å². The van der Waals surface area contributed by atoms with Gasteiger partial charge in [0.25, 0.3) is 0 Å². The van der Waals surface area contributed by atoms with Crippen molar-refractivity contribution in [3.8, 4) is 22.5 Å². The first-order valence-electron chi connectivity index (χ1n) is 6.64. The van der Waals surface area contributed by atoms with Gasteiger partial charge >= 0.3 is 0 Å². The van der Waals surface area contributed by atoms with Crippen LogP contribution in [0.2, 0.25) is 5.02 Å². The summed E-state index contributed by atoms with van der Waals surface area (Å²) in [5.74, 6) is 1.04. The second-order valence-electron chi connectivity index (χ2n) is 5.16. The van der Waals surface area contributed by atoms with Gasteiger partial charge in [-0.25, -0.2) is 0 Å². The molecule has 0 aliphatic rings. The maximum atomic E-state index is 6.07. The summed E-state index contributed by atoms with van der Waals surface area (Å²) < 4.78 is 5.47. The van der Waals surface area contributed by atoms with Crippen LogP contribution in [-0.4, -0.2) is 5.16 Å². The molecule has 0 radical (unpaired) electrons. The number of nitrogens with zero attached hydrogens (tertiary/aromatic N) is 1. The molecule has 0 aliphatic carbocycles. The highest BCUT2D eigenvalue weighted by Crippen LogP contribution is 2.37. The predicted molar refractivity (Wildman–Crippen MR) is 86.3 cm³/mol. The van der Waals surface area contributed by atoms with E-state index in [0.717, 1.165) is 27.8 Å². The number of benzene rings is 2.